The quantitative estimate of drug-likeness (QED) is 0.418. The molecule has 37 heavy (non-hydrogen) atoms. The number of nitrogens with zero attached hydrogens (tertiary/aromatic N) is 8. The number of nitrogens with one attached hydrogen (secondary N) is 1. The molecule has 10 nitrogen and oxygen atoms in total. The second-order valence-electron chi connectivity index (χ2n) is 11.2. The van der Waals surface area contributed by atoms with Crippen LogP contribution in [-0.2, 0) is 0 Å². The van der Waals surface area contributed by atoms with Crippen LogP contribution in [0.3, 0.4) is 0 Å². The number of rotatable bonds is 6. The summed E-state index contributed by atoms with van der Waals surface area (Å²) < 4.78 is 23.4. The van der Waals surface area contributed by atoms with Crippen LogP contribution < -0.4 is 10.1 Å². The predicted octanol–water partition coefficient (Wildman–Crippen LogP) is 4.07. The molecule has 2 aliphatic carbocycles. The Morgan fingerprint density at radius 2 is 1.84 bits per heavy atom. The largest absolute Gasteiger partial charge is 0.470 e. The molecule has 3 fully saturated rings. The molecule has 1 saturated heterocycles. The van der Waals surface area contributed by atoms with Gasteiger partial charge in [-0.15, -0.1) is 0 Å². The van der Waals surface area contributed by atoms with Crippen molar-refractivity contribution in [2.24, 2.45) is 5.41 Å². The molecule has 11 heteroatoms. The van der Waals surface area contributed by atoms with Gasteiger partial charge in [0.15, 0.2) is 11.3 Å². The molecule has 7 rings (SSSR count). The second-order valence-corrected chi connectivity index (χ2v) is 11.2. The van der Waals surface area contributed by atoms with E-state index < -0.39 is 5.82 Å². The Bertz CT molecular complexity index is 1500. The SMILES string of the molecule is Cc1ncc(-c2nc3c(OC4(C)CC4)nc(Nc4cnn(C5CC6(C5)CN(C)C6)c4)nc3cc2F)cn1. The highest BCUT2D eigenvalue weighted by atomic mass is 19.1. The van der Waals surface area contributed by atoms with Gasteiger partial charge in [0.2, 0.25) is 11.8 Å². The number of ether oxygens (including phenoxy) is 1. The lowest BCUT2D eigenvalue weighted by molar-refractivity contribution is -0.0786. The summed E-state index contributed by atoms with van der Waals surface area (Å²) in [5, 5.41) is 7.80. The van der Waals surface area contributed by atoms with E-state index >= 15 is 4.39 Å². The van der Waals surface area contributed by atoms with E-state index in [1.165, 1.54) is 19.2 Å². The number of pyridine rings is 1. The van der Waals surface area contributed by atoms with Gasteiger partial charge in [0, 0.05) is 43.3 Å². The van der Waals surface area contributed by atoms with Gasteiger partial charge in [-0.1, -0.05) is 0 Å². The third kappa shape index (κ3) is 4.07. The summed E-state index contributed by atoms with van der Waals surface area (Å²) in [4.78, 5) is 24.5. The predicted molar refractivity (Wildman–Crippen MR) is 135 cm³/mol. The first kappa shape index (κ1) is 22.5. The monoisotopic (exact) mass is 501 g/mol. The van der Waals surface area contributed by atoms with Crippen molar-refractivity contribution < 1.29 is 9.13 Å². The minimum Gasteiger partial charge on any atom is -0.470 e. The van der Waals surface area contributed by atoms with E-state index in [0.717, 1.165) is 31.4 Å². The van der Waals surface area contributed by atoms with Crippen molar-refractivity contribution in [3.63, 3.8) is 0 Å². The van der Waals surface area contributed by atoms with Gasteiger partial charge in [-0.2, -0.15) is 10.1 Å². The molecule has 1 spiro atoms. The molecule has 0 radical (unpaired) electrons. The number of aromatic nitrogens is 7. The minimum absolute atomic E-state index is 0.139. The first-order valence-corrected chi connectivity index (χ1v) is 12.6. The summed E-state index contributed by atoms with van der Waals surface area (Å²) in [5.41, 5.74) is 2.32. The number of aryl methyl sites for hydroxylation is 1. The van der Waals surface area contributed by atoms with E-state index in [9.17, 15) is 0 Å². The Balaban J connectivity index is 1.19. The van der Waals surface area contributed by atoms with Crippen molar-refractivity contribution in [2.45, 2.75) is 51.2 Å². The van der Waals surface area contributed by atoms with Gasteiger partial charge >= 0.3 is 0 Å². The number of hydrogen-bond donors (Lipinski definition) is 1. The lowest BCUT2D eigenvalue weighted by Crippen LogP contribution is -2.60. The van der Waals surface area contributed by atoms with E-state index in [-0.39, 0.29) is 11.3 Å². The number of halogens is 1. The van der Waals surface area contributed by atoms with Crippen LogP contribution in [0.4, 0.5) is 16.0 Å². The first-order chi connectivity index (χ1) is 17.8. The number of hydrogen-bond acceptors (Lipinski definition) is 9. The maximum Gasteiger partial charge on any atom is 0.246 e. The van der Waals surface area contributed by atoms with Gasteiger partial charge in [0.25, 0.3) is 0 Å². The third-order valence-electron chi connectivity index (χ3n) is 7.72. The Kier molecular flexibility index (Phi) is 4.79. The normalized spacial score (nSPS) is 20.0. The van der Waals surface area contributed by atoms with Crippen LogP contribution in [0, 0.1) is 18.2 Å². The fourth-order valence-corrected chi connectivity index (χ4v) is 5.58. The fourth-order valence-electron chi connectivity index (χ4n) is 5.58. The topological polar surface area (TPSA) is 107 Å². The Morgan fingerprint density at radius 1 is 1.08 bits per heavy atom. The molecule has 0 unspecified atom stereocenters. The smallest absolute Gasteiger partial charge is 0.246 e. The molecule has 4 aromatic heterocycles. The molecule has 0 amide bonds. The molecule has 2 saturated carbocycles. The maximum atomic E-state index is 15.1. The van der Waals surface area contributed by atoms with Gasteiger partial charge in [0.1, 0.15) is 22.6 Å². The van der Waals surface area contributed by atoms with Gasteiger partial charge in [0.05, 0.1) is 17.9 Å². The van der Waals surface area contributed by atoms with Gasteiger partial charge in [-0.3, -0.25) is 4.68 Å². The van der Waals surface area contributed by atoms with Crippen LogP contribution in [0.2, 0.25) is 0 Å². The van der Waals surface area contributed by atoms with Crippen LogP contribution in [0.5, 0.6) is 5.88 Å². The van der Waals surface area contributed by atoms with Crippen LogP contribution in [0.1, 0.15) is 44.5 Å². The molecule has 4 aromatic rings. The zero-order valence-corrected chi connectivity index (χ0v) is 21.1. The molecule has 0 bridgehead atoms. The lowest BCUT2D eigenvalue weighted by atomic mass is 9.61. The van der Waals surface area contributed by atoms with Gasteiger partial charge in [-0.05, 0) is 52.0 Å². The fraction of sp³-hybridized carbons (Fsp3) is 0.462. The molecule has 0 atom stereocenters. The summed E-state index contributed by atoms with van der Waals surface area (Å²) in [6, 6.07) is 1.78. The summed E-state index contributed by atoms with van der Waals surface area (Å²) in [7, 11) is 2.17. The molecule has 3 aliphatic rings. The average Bonchev–Trinajstić information content (AvgIpc) is 3.36. The summed E-state index contributed by atoms with van der Waals surface area (Å²) >= 11 is 0. The number of likely N-dealkylation sites (tertiary alicyclic amines) is 1. The van der Waals surface area contributed by atoms with Crippen LogP contribution in [0.25, 0.3) is 22.3 Å². The van der Waals surface area contributed by atoms with Gasteiger partial charge < -0.3 is 15.0 Å². The van der Waals surface area contributed by atoms with Crippen molar-refractivity contribution in [3.05, 3.63) is 42.5 Å². The van der Waals surface area contributed by atoms with E-state index in [1.807, 2.05) is 17.8 Å². The zero-order valence-electron chi connectivity index (χ0n) is 21.1. The molecule has 5 heterocycles. The number of fused-ring (bicyclic) bond motifs is 1. The highest BCUT2D eigenvalue weighted by Crippen LogP contribution is 2.53. The van der Waals surface area contributed by atoms with E-state index in [2.05, 4.69) is 47.3 Å². The molecule has 190 valence electrons. The third-order valence-corrected chi connectivity index (χ3v) is 7.72. The standard InChI is InChI=1S/C26H28FN9O/c1-15-28-9-16(10-29-15)21-19(27)6-20-22(33-21)23(37-25(2)4-5-25)34-24(32-20)31-17-11-30-36(12-17)18-7-26(8-18)13-35(3)14-26/h6,9-12,18H,4-5,7-8,13-14H2,1-3H3,(H,31,32,34). The molecule has 0 aromatic carbocycles. The first-order valence-electron chi connectivity index (χ1n) is 12.6. The van der Waals surface area contributed by atoms with E-state index in [4.69, 9.17) is 4.74 Å². The minimum atomic E-state index is -0.512. The van der Waals surface area contributed by atoms with Crippen molar-refractivity contribution in [1.29, 1.82) is 0 Å². The number of anilines is 2. The van der Waals surface area contributed by atoms with Crippen molar-refractivity contribution in [1.82, 2.24) is 39.6 Å². The Hall–Kier alpha value is -3.73. The Labute approximate surface area is 213 Å². The highest BCUT2D eigenvalue weighted by molar-refractivity contribution is 5.83. The summed E-state index contributed by atoms with van der Waals surface area (Å²) in [5.74, 6) is 0.723. The second kappa shape index (κ2) is 7.88. The van der Waals surface area contributed by atoms with E-state index in [1.54, 1.807) is 25.5 Å². The van der Waals surface area contributed by atoms with Crippen molar-refractivity contribution in [3.8, 4) is 17.1 Å². The Morgan fingerprint density at radius 3 is 2.54 bits per heavy atom. The molecule has 1 N–H and O–H groups in total. The average molecular weight is 502 g/mol. The van der Waals surface area contributed by atoms with Crippen LogP contribution in [-0.4, -0.2) is 65.3 Å². The maximum absolute atomic E-state index is 15.1. The van der Waals surface area contributed by atoms with Gasteiger partial charge in [-0.25, -0.2) is 24.3 Å². The van der Waals surface area contributed by atoms with Crippen molar-refractivity contribution in [2.75, 3.05) is 25.5 Å². The summed E-state index contributed by atoms with van der Waals surface area (Å²) in [6.07, 6.45) is 11.0. The lowest BCUT2D eigenvalue weighted by Gasteiger charge is -2.58. The summed E-state index contributed by atoms with van der Waals surface area (Å²) in [6.45, 7) is 6.15. The molecular formula is C26H28FN9O. The zero-order chi connectivity index (χ0) is 25.4. The van der Waals surface area contributed by atoms with Crippen molar-refractivity contribution >= 4 is 22.7 Å². The highest BCUT2D eigenvalue weighted by Gasteiger charge is 2.51. The molecule has 1 aliphatic heterocycles. The van der Waals surface area contributed by atoms with Crippen LogP contribution >= 0.6 is 0 Å². The van der Waals surface area contributed by atoms with E-state index in [0.29, 0.717) is 45.7 Å². The molecular weight excluding hydrogens is 473 g/mol. The van der Waals surface area contributed by atoms with Crippen LogP contribution in [0.15, 0.2) is 30.9 Å².